The quantitative estimate of drug-likeness (QED) is 0.303. The predicted octanol–water partition coefficient (Wildman–Crippen LogP) is 5.91. The molecular weight excluding hydrogens is 502 g/mol. The Bertz CT molecular complexity index is 1570. The number of carbonyl (C=O) groups excluding carboxylic acids is 1. The molecule has 1 aromatic carbocycles. The standard InChI is InChI=1S/C32H39N5O3/c1-4-36-26(15-23-9-5-11-33-29(23)36)30-34-25-14-24(31(38)35-12-6-8-21(2)19-35)16-27(39-3)28(25)37(30)20-22-17-32(18-22)10-7-13-40-32/h5,9,11,14-16,21-22H,4,6-8,10,12-13,17-20H2,1-3H3/t21-,22?,32?/m1/s1. The van der Waals surface area contributed by atoms with Gasteiger partial charge in [0.15, 0.2) is 5.82 Å². The third kappa shape index (κ3) is 4.19. The lowest BCUT2D eigenvalue weighted by Crippen LogP contribution is -2.44. The first kappa shape index (κ1) is 25.6. The molecule has 1 atom stereocenters. The van der Waals surface area contributed by atoms with Crippen LogP contribution >= 0.6 is 0 Å². The summed E-state index contributed by atoms with van der Waals surface area (Å²) in [6.45, 7) is 8.48. The molecule has 2 saturated heterocycles. The highest BCUT2D eigenvalue weighted by Gasteiger charge is 2.47. The van der Waals surface area contributed by atoms with Gasteiger partial charge in [-0.1, -0.05) is 6.92 Å². The number of amides is 1. The Labute approximate surface area is 235 Å². The van der Waals surface area contributed by atoms with Crippen molar-refractivity contribution in [1.82, 2.24) is 24.0 Å². The van der Waals surface area contributed by atoms with Crippen LogP contribution in [0.3, 0.4) is 0 Å². The third-order valence-corrected chi connectivity index (χ3v) is 9.37. The van der Waals surface area contributed by atoms with Crippen LogP contribution in [-0.4, -0.2) is 62.3 Å². The number of carbonyl (C=O) groups is 1. The molecule has 1 spiro atoms. The molecule has 4 aromatic rings. The number of hydrogen-bond donors (Lipinski definition) is 0. The summed E-state index contributed by atoms with van der Waals surface area (Å²) in [6.07, 6.45) is 8.56. The number of likely N-dealkylation sites (tertiary alicyclic amines) is 1. The molecule has 0 radical (unpaired) electrons. The summed E-state index contributed by atoms with van der Waals surface area (Å²) in [5.74, 6) is 2.70. The smallest absolute Gasteiger partial charge is 0.254 e. The minimum absolute atomic E-state index is 0.0639. The summed E-state index contributed by atoms with van der Waals surface area (Å²) in [7, 11) is 1.70. The van der Waals surface area contributed by atoms with Gasteiger partial charge in [-0.3, -0.25) is 4.79 Å². The number of fused-ring (bicyclic) bond motifs is 2. The summed E-state index contributed by atoms with van der Waals surface area (Å²) in [5, 5.41) is 1.10. The number of aromatic nitrogens is 4. The van der Waals surface area contributed by atoms with Crippen LogP contribution in [0.2, 0.25) is 0 Å². The molecule has 3 fully saturated rings. The van der Waals surface area contributed by atoms with Crippen LogP contribution in [0.5, 0.6) is 5.75 Å². The van der Waals surface area contributed by atoms with E-state index in [0.717, 1.165) is 92.1 Å². The lowest BCUT2D eigenvalue weighted by molar-refractivity contribution is -0.0939. The number of piperidine rings is 1. The molecule has 5 heterocycles. The van der Waals surface area contributed by atoms with Crippen LogP contribution in [-0.2, 0) is 17.8 Å². The van der Waals surface area contributed by atoms with E-state index in [1.165, 1.54) is 12.8 Å². The Kier molecular flexibility index (Phi) is 6.33. The van der Waals surface area contributed by atoms with Crippen LogP contribution in [0.15, 0.2) is 36.5 Å². The van der Waals surface area contributed by atoms with Gasteiger partial charge >= 0.3 is 0 Å². The first-order chi connectivity index (χ1) is 19.5. The maximum absolute atomic E-state index is 13.6. The number of pyridine rings is 1. The molecule has 0 bridgehead atoms. The fourth-order valence-corrected chi connectivity index (χ4v) is 7.49. The molecule has 0 N–H and O–H groups in total. The van der Waals surface area contributed by atoms with Crippen molar-refractivity contribution in [3.8, 4) is 17.3 Å². The Balaban J connectivity index is 1.35. The Morgan fingerprint density at radius 1 is 1.20 bits per heavy atom. The summed E-state index contributed by atoms with van der Waals surface area (Å²) < 4.78 is 16.7. The van der Waals surface area contributed by atoms with E-state index >= 15 is 0 Å². The zero-order valence-electron chi connectivity index (χ0n) is 23.9. The first-order valence-electron chi connectivity index (χ1n) is 14.9. The van der Waals surface area contributed by atoms with E-state index < -0.39 is 0 Å². The molecule has 1 aliphatic carbocycles. The molecule has 1 amide bonds. The summed E-state index contributed by atoms with van der Waals surface area (Å²) >= 11 is 0. The molecule has 3 aromatic heterocycles. The zero-order chi connectivity index (χ0) is 27.4. The molecule has 8 heteroatoms. The Hall–Kier alpha value is -3.39. The Morgan fingerprint density at radius 3 is 2.83 bits per heavy atom. The van der Waals surface area contributed by atoms with Gasteiger partial charge in [0.25, 0.3) is 5.91 Å². The van der Waals surface area contributed by atoms with Crippen molar-refractivity contribution in [1.29, 1.82) is 0 Å². The van der Waals surface area contributed by atoms with Gasteiger partial charge in [0.2, 0.25) is 0 Å². The zero-order valence-corrected chi connectivity index (χ0v) is 23.9. The summed E-state index contributed by atoms with van der Waals surface area (Å²) in [4.78, 5) is 25.5. The highest BCUT2D eigenvalue weighted by atomic mass is 16.5. The fraction of sp³-hybridized carbons (Fsp3) is 0.531. The lowest BCUT2D eigenvalue weighted by atomic mass is 9.69. The minimum Gasteiger partial charge on any atom is -0.494 e. The van der Waals surface area contributed by atoms with Gasteiger partial charge in [0.05, 0.1) is 23.9 Å². The van der Waals surface area contributed by atoms with Crippen LogP contribution in [0.1, 0.15) is 62.7 Å². The molecule has 1 saturated carbocycles. The van der Waals surface area contributed by atoms with Gasteiger partial charge in [0.1, 0.15) is 16.9 Å². The number of methoxy groups -OCH3 is 1. The molecule has 40 heavy (non-hydrogen) atoms. The van der Waals surface area contributed by atoms with Gasteiger partial charge in [-0.25, -0.2) is 9.97 Å². The second-order valence-electron chi connectivity index (χ2n) is 12.2. The van der Waals surface area contributed by atoms with Crippen LogP contribution < -0.4 is 4.74 Å². The van der Waals surface area contributed by atoms with E-state index in [0.29, 0.717) is 23.1 Å². The largest absolute Gasteiger partial charge is 0.494 e. The van der Waals surface area contributed by atoms with Gasteiger partial charge in [-0.2, -0.15) is 0 Å². The highest BCUT2D eigenvalue weighted by molar-refractivity contribution is 6.00. The maximum atomic E-state index is 13.6. The minimum atomic E-state index is 0.0639. The van der Waals surface area contributed by atoms with Crippen LogP contribution in [0.25, 0.3) is 33.6 Å². The van der Waals surface area contributed by atoms with Crippen molar-refractivity contribution in [3.63, 3.8) is 0 Å². The van der Waals surface area contributed by atoms with E-state index in [9.17, 15) is 4.79 Å². The van der Waals surface area contributed by atoms with Crippen molar-refractivity contribution < 1.29 is 14.3 Å². The molecular formula is C32H39N5O3. The summed E-state index contributed by atoms with van der Waals surface area (Å²) in [5.41, 5.74) is 4.49. The molecule has 8 nitrogen and oxygen atoms in total. The van der Waals surface area contributed by atoms with Crippen LogP contribution in [0, 0.1) is 11.8 Å². The number of imidazole rings is 1. The number of nitrogens with zero attached hydrogens (tertiary/aromatic N) is 5. The van der Waals surface area contributed by atoms with Crippen molar-refractivity contribution in [2.75, 3.05) is 26.8 Å². The maximum Gasteiger partial charge on any atom is 0.254 e. The third-order valence-electron chi connectivity index (χ3n) is 9.37. The normalized spacial score (nSPS) is 24.7. The molecule has 7 rings (SSSR count). The van der Waals surface area contributed by atoms with E-state index in [4.69, 9.17) is 14.5 Å². The van der Waals surface area contributed by atoms with E-state index in [-0.39, 0.29) is 11.5 Å². The first-order valence-corrected chi connectivity index (χ1v) is 14.9. The van der Waals surface area contributed by atoms with Crippen molar-refractivity contribution in [2.45, 2.75) is 71.1 Å². The topological polar surface area (TPSA) is 74.4 Å². The number of ether oxygens (including phenoxy) is 2. The van der Waals surface area contributed by atoms with E-state index in [1.54, 1.807) is 7.11 Å². The number of aryl methyl sites for hydroxylation is 1. The lowest BCUT2D eigenvalue weighted by Gasteiger charge is -2.44. The molecule has 3 aliphatic rings. The van der Waals surface area contributed by atoms with Crippen molar-refractivity contribution in [2.24, 2.45) is 11.8 Å². The number of rotatable bonds is 6. The highest BCUT2D eigenvalue weighted by Crippen LogP contribution is 2.49. The van der Waals surface area contributed by atoms with Crippen LogP contribution in [0.4, 0.5) is 0 Å². The van der Waals surface area contributed by atoms with Gasteiger partial charge in [0, 0.05) is 49.9 Å². The van der Waals surface area contributed by atoms with E-state index in [2.05, 4.69) is 40.1 Å². The van der Waals surface area contributed by atoms with E-state index in [1.807, 2.05) is 29.3 Å². The van der Waals surface area contributed by atoms with Gasteiger partial charge in [-0.05, 0) is 87.6 Å². The van der Waals surface area contributed by atoms with Gasteiger partial charge < -0.3 is 23.5 Å². The van der Waals surface area contributed by atoms with Crippen molar-refractivity contribution >= 4 is 28.0 Å². The second kappa shape index (κ2) is 9.91. The fourth-order valence-electron chi connectivity index (χ4n) is 7.49. The number of benzene rings is 1. The molecule has 0 unspecified atom stereocenters. The predicted molar refractivity (Wildman–Crippen MR) is 156 cm³/mol. The Morgan fingerprint density at radius 2 is 2.08 bits per heavy atom. The van der Waals surface area contributed by atoms with Gasteiger partial charge in [-0.15, -0.1) is 0 Å². The van der Waals surface area contributed by atoms with Crippen molar-refractivity contribution in [3.05, 3.63) is 42.1 Å². The average molecular weight is 542 g/mol. The molecule has 2 aliphatic heterocycles. The monoisotopic (exact) mass is 541 g/mol. The number of hydrogen-bond acceptors (Lipinski definition) is 5. The summed E-state index contributed by atoms with van der Waals surface area (Å²) in [6, 6.07) is 10.2. The SMILES string of the molecule is CCn1c(-c2nc3cc(C(=O)N4CCC[C@@H](C)C4)cc(OC)c3n2CC2CC3(CCCO3)C2)cc2cccnc21. The average Bonchev–Trinajstić information content (AvgIpc) is 3.67. The second-order valence-corrected chi connectivity index (χ2v) is 12.2. The molecule has 210 valence electrons.